The van der Waals surface area contributed by atoms with Crippen LogP contribution in [0, 0.1) is 38.5 Å². The molecule has 0 nitrogen and oxygen atoms in total. The molecule has 0 fully saturated rings. The van der Waals surface area contributed by atoms with Gasteiger partial charge in [0, 0.05) is 0 Å². The van der Waals surface area contributed by atoms with Crippen molar-refractivity contribution < 1.29 is 0 Å². The topological polar surface area (TPSA) is 0 Å². The van der Waals surface area contributed by atoms with Crippen molar-refractivity contribution in [3.8, 4) is 24.7 Å². The fourth-order valence-corrected chi connectivity index (χ4v) is 0. The standard InChI is InChI=1S/2C3H3.Ba/c2*1-3-2;/h2*1H,2H2;/q2*-1;+2. The van der Waals surface area contributed by atoms with Gasteiger partial charge >= 0.3 is 48.9 Å². The van der Waals surface area contributed by atoms with Gasteiger partial charge < -0.3 is 24.7 Å². The van der Waals surface area contributed by atoms with Crippen molar-refractivity contribution in [1.29, 1.82) is 0 Å². The van der Waals surface area contributed by atoms with E-state index < -0.39 is 0 Å². The van der Waals surface area contributed by atoms with Gasteiger partial charge in [-0.05, 0) is 0 Å². The summed E-state index contributed by atoms with van der Waals surface area (Å²) in [6, 6.07) is 0. The monoisotopic (exact) mass is 216 g/mol. The van der Waals surface area contributed by atoms with E-state index in [1.165, 1.54) is 0 Å². The summed E-state index contributed by atoms with van der Waals surface area (Å²) in [6.07, 6.45) is 8.97. The van der Waals surface area contributed by atoms with Gasteiger partial charge in [-0.15, -0.1) is 0 Å². The first-order chi connectivity index (χ1) is 2.83. The average molecular weight is 215 g/mol. The fraction of sp³-hybridized carbons (Fsp3) is 0. The Morgan fingerprint density at radius 1 is 1.00 bits per heavy atom. The third kappa shape index (κ3) is 679. The van der Waals surface area contributed by atoms with Crippen molar-refractivity contribution >= 4 is 48.9 Å². The van der Waals surface area contributed by atoms with E-state index in [0.717, 1.165) is 0 Å². The van der Waals surface area contributed by atoms with Crippen LogP contribution in [0.5, 0.6) is 0 Å². The molecule has 0 atom stereocenters. The molecule has 0 aromatic heterocycles. The molecule has 0 aliphatic rings. The Bertz CT molecular complexity index is 59.2. The Kier molecular flexibility index (Phi) is 71.8. The minimum atomic E-state index is 0. The maximum atomic E-state index is 4.49. The SMILES string of the molecule is C#C[CH2-].C#C[CH2-].[Ba+2]. The van der Waals surface area contributed by atoms with Gasteiger partial charge in [0.2, 0.25) is 0 Å². The molecule has 1 heteroatoms. The second-order valence-electron chi connectivity index (χ2n) is 0.408. The first-order valence-electron chi connectivity index (χ1n) is 1.28. The van der Waals surface area contributed by atoms with E-state index in [0.29, 0.717) is 0 Å². The molecular formula is C6H6Ba. The van der Waals surface area contributed by atoms with Crippen LogP contribution in [0.1, 0.15) is 0 Å². The molecule has 32 valence electrons. The van der Waals surface area contributed by atoms with Crippen LogP contribution in [-0.4, -0.2) is 48.9 Å². The Hall–Kier alpha value is 0.431. The van der Waals surface area contributed by atoms with Crippen molar-refractivity contribution in [2.75, 3.05) is 0 Å². The smallest absolute Gasteiger partial charge is 0.345 e. The van der Waals surface area contributed by atoms with E-state index in [9.17, 15) is 0 Å². The quantitative estimate of drug-likeness (QED) is 0.314. The first kappa shape index (κ1) is 15.7. The predicted octanol–water partition coefficient (Wildman–Crippen LogP) is 0.527. The van der Waals surface area contributed by atoms with Crippen molar-refractivity contribution in [2.24, 2.45) is 0 Å². The second-order valence-corrected chi connectivity index (χ2v) is 0.408. The zero-order valence-corrected chi connectivity index (χ0v) is 8.72. The van der Waals surface area contributed by atoms with Crippen molar-refractivity contribution in [3.05, 3.63) is 13.8 Å². The van der Waals surface area contributed by atoms with Crippen LogP contribution in [0.25, 0.3) is 0 Å². The molecule has 0 aromatic carbocycles. The molecule has 0 heterocycles. The largest absolute Gasteiger partial charge is 2.00 e. The molecule has 0 aliphatic carbocycles. The van der Waals surface area contributed by atoms with Gasteiger partial charge in [-0.3, -0.25) is 0 Å². The molecule has 0 saturated heterocycles. The molecule has 0 bridgehead atoms. The minimum Gasteiger partial charge on any atom is -0.345 e. The van der Waals surface area contributed by atoms with Gasteiger partial charge in [0.15, 0.2) is 0 Å². The van der Waals surface area contributed by atoms with Crippen molar-refractivity contribution in [1.82, 2.24) is 0 Å². The second kappa shape index (κ2) is 32.1. The minimum absolute atomic E-state index is 0. The summed E-state index contributed by atoms with van der Waals surface area (Å²) in [5, 5.41) is 0. The number of hydrogen-bond donors (Lipinski definition) is 0. The summed E-state index contributed by atoms with van der Waals surface area (Å²) >= 11 is 0. The summed E-state index contributed by atoms with van der Waals surface area (Å²) in [5.74, 6) is 4.00. The molecule has 0 aromatic rings. The maximum Gasteiger partial charge on any atom is 2.00 e. The number of terminal acetylenes is 2. The van der Waals surface area contributed by atoms with E-state index in [1.54, 1.807) is 0 Å². The van der Waals surface area contributed by atoms with Gasteiger partial charge in [-0.1, -0.05) is 0 Å². The van der Waals surface area contributed by atoms with Crippen LogP contribution in [0.2, 0.25) is 0 Å². The van der Waals surface area contributed by atoms with Crippen LogP contribution < -0.4 is 0 Å². The van der Waals surface area contributed by atoms with E-state index in [2.05, 4.69) is 26.7 Å². The molecule has 0 rings (SSSR count). The summed E-state index contributed by atoms with van der Waals surface area (Å²) in [7, 11) is 0. The third-order valence-electron chi connectivity index (χ3n) is 0. The zero-order valence-electron chi connectivity index (χ0n) is 4.28. The fourth-order valence-electron chi connectivity index (χ4n) is 0. The van der Waals surface area contributed by atoms with Crippen LogP contribution >= 0.6 is 0 Å². The molecule has 0 amide bonds. The Morgan fingerprint density at radius 2 is 1.00 bits per heavy atom. The average Bonchev–Trinajstić information content (AvgIpc) is 1.39. The van der Waals surface area contributed by atoms with Crippen LogP contribution in [0.15, 0.2) is 0 Å². The van der Waals surface area contributed by atoms with E-state index >= 15 is 0 Å². The van der Waals surface area contributed by atoms with Crippen LogP contribution in [0.4, 0.5) is 0 Å². The molecule has 0 N–H and O–H groups in total. The van der Waals surface area contributed by atoms with Crippen LogP contribution in [0.3, 0.4) is 0 Å². The summed E-state index contributed by atoms with van der Waals surface area (Å²) in [4.78, 5) is 0. The molecular weight excluding hydrogens is 209 g/mol. The van der Waals surface area contributed by atoms with Gasteiger partial charge in [0.25, 0.3) is 0 Å². The summed E-state index contributed by atoms with van der Waals surface area (Å²) in [6.45, 7) is 6.03. The van der Waals surface area contributed by atoms with E-state index in [1.807, 2.05) is 11.8 Å². The first-order valence-corrected chi connectivity index (χ1v) is 1.28. The number of hydrogen-bond acceptors (Lipinski definition) is 0. The Morgan fingerprint density at radius 3 is 1.00 bits per heavy atom. The number of rotatable bonds is 0. The van der Waals surface area contributed by atoms with E-state index in [4.69, 9.17) is 0 Å². The van der Waals surface area contributed by atoms with Gasteiger partial charge in [0.1, 0.15) is 0 Å². The van der Waals surface area contributed by atoms with Gasteiger partial charge in [-0.25, -0.2) is 0 Å². The summed E-state index contributed by atoms with van der Waals surface area (Å²) in [5.41, 5.74) is 0. The molecule has 0 saturated carbocycles. The molecule has 0 radical (unpaired) electrons. The molecule has 0 spiro atoms. The molecule has 0 unspecified atom stereocenters. The summed E-state index contributed by atoms with van der Waals surface area (Å²) < 4.78 is 0. The zero-order chi connectivity index (χ0) is 5.41. The van der Waals surface area contributed by atoms with Crippen molar-refractivity contribution in [2.45, 2.75) is 0 Å². The van der Waals surface area contributed by atoms with Gasteiger partial charge in [0.05, 0.1) is 0 Å². The normalized spacial score (nSPS) is 2.00. The Balaban J connectivity index is -0.0000000400. The van der Waals surface area contributed by atoms with Gasteiger partial charge in [-0.2, -0.15) is 13.8 Å². The third-order valence-corrected chi connectivity index (χ3v) is 0. The Labute approximate surface area is 86.1 Å². The van der Waals surface area contributed by atoms with Crippen LogP contribution in [-0.2, 0) is 0 Å². The maximum absolute atomic E-state index is 4.49. The van der Waals surface area contributed by atoms with E-state index in [-0.39, 0.29) is 48.9 Å². The molecule has 0 aliphatic heterocycles. The predicted molar refractivity (Wildman–Crippen MR) is 34.1 cm³/mol. The molecule has 7 heavy (non-hydrogen) atoms. The van der Waals surface area contributed by atoms with Crippen molar-refractivity contribution in [3.63, 3.8) is 0 Å².